The van der Waals surface area contributed by atoms with Crippen LogP contribution in [0, 0.1) is 0 Å². The lowest BCUT2D eigenvalue weighted by molar-refractivity contribution is -0.00138. The molecule has 1 aromatic carbocycles. The minimum absolute atomic E-state index is 0.0610. The highest BCUT2D eigenvalue weighted by Crippen LogP contribution is 2.31. The number of carbonyl (C=O) groups is 1. The van der Waals surface area contributed by atoms with E-state index in [4.69, 9.17) is 4.74 Å². The monoisotopic (exact) mass is 302 g/mol. The Bertz CT molecular complexity index is 612. The third kappa shape index (κ3) is 3.25. The van der Waals surface area contributed by atoms with Gasteiger partial charge in [-0.25, -0.2) is 4.79 Å². The van der Waals surface area contributed by atoms with Crippen LogP contribution >= 0.6 is 11.3 Å². The van der Waals surface area contributed by atoms with Crippen LogP contribution < -0.4 is 5.32 Å². The van der Waals surface area contributed by atoms with Crippen molar-refractivity contribution in [3.05, 3.63) is 41.8 Å². The Morgan fingerprint density at radius 2 is 2.19 bits per heavy atom. The lowest BCUT2D eigenvalue weighted by Gasteiger charge is -2.31. The van der Waals surface area contributed by atoms with Crippen LogP contribution in [0.3, 0.4) is 0 Å². The van der Waals surface area contributed by atoms with Crippen molar-refractivity contribution in [2.75, 3.05) is 25.0 Å². The van der Waals surface area contributed by atoms with Gasteiger partial charge in [-0.3, -0.25) is 0 Å². The molecule has 1 aliphatic rings. The first-order chi connectivity index (χ1) is 10.2. The number of hydrogen-bond acceptors (Lipinski definition) is 3. The lowest BCUT2D eigenvalue weighted by atomic mass is 10.1. The van der Waals surface area contributed by atoms with Crippen LogP contribution in [0.15, 0.2) is 41.8 Å². The predicted molar refractivity (Wildman–Crippen MR) is 85.8 cm³/mol. The van der Waals surface area contributed by atoms with E-state index in [-0.39, 0.29) is 12.1 Å². The number of thiophene rings is 1. The van der Waals surface area contributed by atoms with Crippen LogP contribution in [0.5, 0.6) is 0 Å². The molecule has 3 rings (SSSR count). The summed E-state index contributed by atoms with van der Waals surface area (Å²) >= 11 is 1.67. The average Bonchev–Trinajstić information content (AvgIpc) is 3.02. The zero-order valence-electron chi connectivity index (χ0n) is 11.9. The number of morpholine rings is 1. The molecular formula is C16H18N2O2S. The molecule has 21 heavy (non-hydrogen) atoms. The molecule has 1 aromatic heterocycles. The van der Waals surface area contributed by atoms with Gasteiger partial charge >= 0.3 is 6.03 Å². The Kier molecular flexibility index (Phi) is 4.22. The van der Waals surface area contributed by atoms with Gasteiger partial charge < -0.3 is 15.0 Å². The van der Waals surface area contributed by atoms with E-state index in [1.807, 2.05) is 42.6 Å². The quantitative estimate of drug-likeness (QED) is 0.919. The number of carbonyl (C=O) groups excluding carboxylic acids is 1. The highest BCUT2D eigenvalue weighted by molar-refractivity contribution is 7.13. The topological polar surface area (TPSA) is 41.6 Å². The van der Waals surface area contributed by atoms with E-state index in [9.17, 15) is 4.79 Å². The molecule has 2 amide bonds. The molecule has 4 nitrogen and oxygen atoms in total. The molecule has 0 radical (unpaired) electrons. The van der Waals surface area contributed by atoms with E-state index in [2.05, 4.69) is 11.4 Å². The number of benzene rings is 1. The molecule has 2 aromatic rings. The minimum atomic E-state index is -0.0610. The van der Waals surface area contributed by atoms with Crippen molar-refractivity contribution in [2.24, 2.45) is 0 Å². The zero-order valence-corrected chi connectivity index (χ0v) is 12.7. The van der Waals surface area contributed by atoms with Crippen LogP contribution in [-0.2, 0) is 4.74 Å². The van der Waals surface area contributed by atoms with Crippen molar-refractivity contribution in [1.82, 2.24) is 4.90 Å². The lowest BCUT2D eigenvalue weighted by Crippen LogP contribution is -2.46. The summed E-state index contributed by atoms with van der Waals surface area (Å²) in [6.07, 6.45) is 0.0945. The van der Waals surface area contributed by atoms with E-state index in [1.54, 1.807) is 16.2 Å². The number of para-hydroxylation sites is 1. The number of nitrogens with one attached hydrogen (secondary N) is 1. The molecule has 1 atom stereocenters. The van der Waals surface area contributed by atoms with Crippen LogP contribution in [0.2, 0.25) is 0 Å². The van der Waals surface area contributed by atoms with E-state index in [0.717, 1.165) is 16.1 Å². The third-order valence-electron chi connectivity index (χ3n) is 3.48. The molecule has 5 heteroatoms. The second-order valence-electron chi connectivity index (χ2n) is 5.08. The fraction of sp³-hybridized carbons (Fsp3) is 0.312. The molecule has 2 heterocycles. The van der Waals surface area contributed by atoms with Crippen molar-refractivity contribution in [3.8, 4) is 10.4 Å². The summed E-state index contributed by atoms with van der Waals surface area (Å²) in [7, 11) is 0. The molecule has 1 unspecified atom stereocenters. The van der Waals surface area contributed by atoms with Crippen molar-refractivity contribution in [1.29, 1.82) is 0 Å². The Balaban J connectivity index is 1.77. The first-order valence-corrected chi connectivity index (χ1v) is 7.92. The SMILES string of the molecule is CC1CN(C(=O)Nc2ccccc2-c2cccs2)CCO1. The molecule has 0 aliphatic carbocycles. The van der Waals surface area contributed by atoms with Crippen molar-refractivity contribution < 1.29 is 9.53 Å². The highest BCUT2D eigenvalue weighted by Gasteiger charge is 2.22. The molecule has 0 spiro atoms. The Labute approximate surface area is 128 Å². The zero-order chi connectivity index (χ0) is 14.7. The van der Waals surface area contributed by atoms with Crippen LogP contribution in [0.4, 0.5) is 10.5 Å². The third-order valence-corrected chi connectivity index (χ3v) is 4.39. The van der Waals surface area contributed by atoms with Crippen molar-refractivity contribution in [3.63, 3.8) is 0 Å². The predicted octanol–water partition coefficient (Wildman–Crippen LogP) is 3.67. The molecule has 0 bridgehead atoms. The van der Waals surface area contributed by atoms with E-state index in [1.165, 1.54) is 0 Å². The van der Waals surface area contributed by atoms with Gasteiger partial charge in [0.1, 0.15) is 0 Å². The number of amides is 2. The summed E-state index contributed by atoms with van der Waals surface area (Å²) in [5, 5.41) is 5.07. The van der Waals surface area contributed by atoms with Crippen LogP contribution in [0.25, 0.3) is 10.4 Å². The van der Waals surface area contributed by atoms with Gasteiger partial charge in [0.05, 0.1) is 18.4 Å². The standard InChI is InChI=1S/C16H18N2O2S/c1-12-11-18(8-9-20-12)16(19)17-14-6-3-2-5-13(14)15-7-4-10-21-15/h2-7,10,12H,8-9,11H2,1H3,(H,17,19). The van der Waals surface area contributed by atoms with Gasteiger partial charge in [-0.05, 0) is 24.4 Å². The first-order valence-electron chi connectivity index (χ1n) is 7.04. The van der Waals surface area contributed by atoms with Gasteiger partial charge in [-0.1, -0.05) is 24.3 Å². The van der Waals surface area contributed by atoms with Crippen LogP contribution in [-0.4, -0.2) is 36.7 Å². The maximum absolute atomic E-state index is 12.4. The van der Waals surface area contributed by atoms with Crippen LogP contribution in [0.1, 0.15) is 6.92 Å². The molecule has 1 fully saturated rings. The molecule has 0 saturated carbocycles. The van der Waals surface area contributed by atoms with Gasteiger partial charge in [0.15, 0.2) is 0 Å². The summed E-state index contributed by atoms with van der Waals surface area (Å²) in [6, 6.07) is 11.9. The maximum atomic E-state index is 12.4. The number of nitrogens with zero attached hydrogens (tertiary/aromatic N) is 1. The van der Waals surface area contributed by atoms with E-state index in [0.29, 0.717) is 19.7 Å². The molecule has 1 N–H and O–H groups in total. The van der Waals surface area contributed by atoms with Gasteiger partial charge in [0.25, 0.3) is 0 Å². The number of anilines is 1. The second kappa shape index (κ2) is 6.28. The number of urea groups is 1. The van der Waals surface area contributed by atoms with Crippen molar-refractivity contribution in [2.45, 2.75) is 13.0 Å². The molecule has 1 saturated heterocycles. The summed E-state index contributed by atoms with van der Waals surface area (Å²) in [5.74, 6) is 0. The number of ether oxygens (including phenoxy) is 1. The van der Waals surface area contributed by atoms with Crippen molar-refractivity contribution >= 4 is 23.1 Å². The normalized spacial score (nSPS) is 18.5. The Morgan fingerprint density at radius 3 is 2.95 bits per heavy atom. The summed E-state index contributed by atoms with van der Waals surface area (Å²) in [5.41, 5.74) is 1.91. The van der Waals surface area contributed by atoms with Gasteiger partial charge in [0.2, 0.25) is 0 Å². The average molecular weight is 302 g/mol. The minimum Gasteiger partial charge on any atom is -0.375 e. The fourth-order valence-corrected chi connectivity index (χ4v) is 3.20. The second-order valence-corrected chi connectivity index (χ2v) is 6.03. The number of rotatable bonds is 2. The van der Waals surface area contributed by atoms with E-state index >= 15 is 0 Å². The van der Waals surface area contributed by atoms with Gasteiger partial charge in [0, 0.05) is 23.5 Å². The fourth-order valence-electron chi connectivity index (χ4n) is 2.44. The maximum Gasteiger partial charge on any atom is 0.322 e. The van der Waals surface area contributed by atoms with Gasteiger partial charge in [-0.2, -0.15) is 0 Å². The smallest absolute Gasteiger partial charge is 0.322 e. The molecular weight excluding hydrogens is 284 g/mol. The Morgan fingerprint density at radius 1 is 1.33 bits per heavy atom. The number of hydrogen-bond donors (Lipinski definition) is 1. The Hall–Kier alpha value is -1.85. The van der Waals surface area contributed by atoms with E-state index < -0.39 is 0 Å². The van der Waals surface area contributed by atoms with Gasteiger partial charge in [-0.15, -0.1) is 11.3 Å². The summed E-state index contributed by atoms with van der Waals surface area (Å²) < 4.78 is 5.47. The summed E-state index contributed by atoms with van der Waals surface area (Å²) in [4.78, 5) is 15.4. The first kappa shape index (κ1) is 14.1. The largest absolute Gasteiger partial charge is 0.375 e. The highest BCUT2D eigenvalue weighted by atomic mass is 32.1. The summed E-state index contributed by atoms with van der Waals surface area (Å²) in [6.45, 7) is 3.85. The molecule has 1 aliphatic heterocycles. The molecule has 110 valence electrons.